The number of rotatable bonds is 4. The first-order chi connectivity index (χ1) is 9.97. The van der Waals surface area contributed by atoms with Crippen LogP contribution in [-0.2, 0) is 4.79 Å². The highest BCUT2D eigenvalue weighted by Crippen LogP contribution is 2.32. The maximum atomic E-state index is 12.2. The van der Waals surface area contributed by atoms with E-state index in [9.17, 15) is 4.79 Å². The van der Waals surface area contributed by atoms with E-state index in [1.807, 2.05) is 56.3 Å². The van der Waals surface area contributed by atoms with Crippen LogP contribution in [0, 0.1) is 6.92 Å². The standard InChI is InChI=1S/C16H16Br2N2O/c1-10-8-13(17)15(14(18)9-10)19-11(2)16(21)20-12-6-4-3-5-7-12/h3-9,11,19H,1-2H3,(H,20,21). The minimum atomic E-state index is -0.361. The summed E-state index contributed by atoms with van der Waals surface area (Å²) in [5.74, 6) is -0.0828. The molecule has 1 amide bonds. The van der Waals surface area contributed by atoms with Crippen LogP contribution in [0.4, 0.5) is 11.4 Å². The van der Waals surface area contributed by atoms with Gasteiger partial charge in [0.15, 0.2) is 0 Å². The summed E-state index contributed by atoms with van der Waals surface area (Å²) < 4.78 is 1.85. The largest absolute Gasteiger partial charge is 0.372 e. The van der Waals surface area contributed by atoms with Gasteiger partial charge >= 0.3 is 0 Å². The van der Waals surface area contributed by atoms with Crippen LogP contribution >= 0.6 is 31.9 Å². The molecule has 0 spiro atoms. The lowest BCUT2D eigenvalue weighted by Gasteiger charge is -2.18. The van der Waals surface area contributed by atoms with Gasteiger partial charge in [0.1, 0.15) is 6.04 Å². The molecule has 0 heterocycles. The lowest BCUT2D eigenvalue weighted by Crippen LogP contribution is -2.32. The summed E-state index contributed by atoms with van der Waals surface area (Å²) in [4.78, 5) is 12.2. The fourth-order valence-electron chi connectivity index (χ4n) is 1.89. The SMILES string of the molecule is Cc1cc(Br)c(NC(C)C(=O)Nc2ccccc2)c(Br)c1. The van der Waals surface area contributed by atoms with E-state index in [0.717, 1.165) is 25.9 Å². The van der Waals surface area contributed by atoms with Crippen LogP contribution in [0.25, 0.3) is 0 Å². The third-order valence-corrected chi connectivity index (χ3v) is 4.23. The lowest BCUT2D eigenvalue weighted by atomic mass is 10.2. The van der Waals surface area contributed by atoms with Crippen molar-refractivity contribution in [1.82, 2.24) is 0 Å². The molecule has 2 N–H and O–H groups in total. The van der Waals surface area contributed by atoms with Crippen LogP contribution in [0.2, 0.25) is 0 Å². The van der Waals surface area contributed by atoms with E-state index >= 15 is 0 Å². The van der Waals surface area contributed by atoms with Crippen molar-refractivity contribution < 1.29 is 4.79 Å². The van der Waals surface area contributed by atoms with E-state index in [1.165, 1.54) is 0 Å². The summed E-state index contributed by atoms with van der Waals surface area (Å²) in [6.45, 7) is 3.85. The number of benzene rings is 2. The van der Waals surface area contributed by atoms with Crippen molar-refractivity contribution in [3.8, 4) is 0 Å². The quantitative estimate of drug-likeness (QED) is 0.746. The summed E-state index contributed by atoms with van der Waals surface area (Å²) in [7, 11) is 0. The van der Waals surface area contributed by atoms with E-state index < -0.39 is 0 Å². The molecule has 0 aromatic heterocycles. The Morgan fingerprint density at radius 3 is 2.24 bits per heavy atom. The number of hydrogen-bond donors (Lipinski definition) is 2. The van der Waals surface area contributed by atoms with Gasteiger partial charge < -0.3 is 10.6 Å². The Morgan fingerprint density at radius 2 is 1.67 bits per heavy atom. The molecule has 0 bridgehead atoms. The van der Waals surface area contributed by atoms with Gasteiger partial charge in [0.25, 0.3) is 0 Å². The first-order valence-electron chi connectivity index (χ1n) is 6.55. The predicted molar refractivity (Wildman–Crippen MR) is 94.7 cm³/mol. The molecular weight excluding hydrogens is 396 g/mol. The molecule has 0 saturated heterocycles. The zero-order valence-electron chi connectivity index (χ0n) is 11.8. The van der Waals surface area contributed by atoms with Gasteiger partial charge in [-0.05, 0) is 75.5 Å². The van der Waals surface area contributed by atoms with Gasteiger partial charge in [0.05, 0.1) is 5.69 Å². The smallest absolute Gasteiger partial charge is 0.246 e. The number of carbonyl (C=O) groups excluding carboxylic acids is 1. The molecular formula is C16H16Br2N2O. The Labute approximate surface area is 141 Å². The molecule has 0 aliphatic rings. The lowest BCUT2D eigenvalue weighted by molar-refractivity contribution is -0.116. The van der Waals surface area contributed by atoms with E-state index in [1.54, 1.807) is 0 Å². The van der Waals surface area contributed by atoms with Crippen LogP contribution in [0.1, 0.15) is 12.5 Å². The van der Waals surface area contributed by atoms with Crippen LogP contribution < -0.4 is 10.6 Å². The molecule has 2 aromatic carbocycles. The van der Waals surface area contributed by atoms with Crippen LogP contribution in [-0.4, -0.2) is 11.9 Å². The van der Waals surface area contributed by atoms with Crippen molar-refractivity contribution in [2.24, 2.45) is 0 Å². The number of nitrogens with one attached hydrogen (secondary N) is 2. The highest BCUT2D eigenvalue weighted by Gasteiger charge is 2.16. The van der Waals surface area contributed by atoms with E-state index in [2.05, 4.69) is 42.5 Å². The van der Waals surface area contributed by atoms with Crippen molar-refractivity contribution in [3.05, 3.63) is 57.0 Å². The monoisotopic (exact) mass is 410 g/mol. The Balaban J connectivity index is 2.08. The van der Waals surface area contributed by atoms with Crippen molar-refractivity contribution in [2.75, 3.05) is 10.6 Å². The Kier molecular flexibility index (Phi) is 5.42. The maximum absolute atomic E-state index is 12.2. The number of anilines is 2. The van der Waals surface area contributed by atoms with Gasteiger partial charge in [-0.2, -0.15) is 0 Å². The molecule has 1 atom stereocenters. The third kappa shape index (κ3) is 4.32. The second kappa shape index (κ2) is 7.09. The molecule has 0 fully saturated rings. The number of aryl methyl sites for hydroxylation is 1. The Bertz CT molecular complexity index is 621. The number of para-hydroxylation sites is 1. The Morgan fingerprint density at radius 1 is 1.10 bits per heavy atom. The molecule has 2 aromatic rings. The van der Waals surface area contributed by atoms with Crippen LogP contribution in [0.3, 0.4) is 0 Å². The van der Waals surface area contributed by atoms with Crippen molar-refractivity contribution >= 4 is 49.1 Å². The average molecular weight is 412 g/mol. The summed E-state index contributed by atoms with van der Waals surface area (Å²) in [5.41, 5.74) is 2.80. The first kappa shape index (κ1) is 16.0. The summed E-state index contributed by atoms with van der Waals surface area (Å²) in [6, 6.07) is 13.1. The molecule has 1 unspecified atom stereocenters. The van der Waals surface area contributed by atoms with Crippen LogP contribution in [0.15, 0.2) is 51.4 Å². The summed E-state index contributed by atoms with van der Waals surface area (Å²) in [5, 5.41) is 6.10. The molecule has 5 heteroatoms. The number of amides is 1. The average Bonchev–Trinajstić information content (AvgIpc) is 2.43. The van der Waals surface area contributed by atoms with Crippen molar-refractivity contribution in [1.29, 1.82) is 0 Å². The van der Waals surface area contributed by atoms with Crippen molar-refractivity contribution in [3.63, 3.8) is 0 Å². The predicted octanol–water partition coefficient (Wildman–Crippen LogP) is 4.96. The molecule has 0 saturated carbocycles. The number of hydrogen-bond acceptors (Lipinski definition) is 2. The van der Waals surface area contributed by atoms with Gasteiger partial charge in [-0.1, -0.05) is 18.2 Å². The minimum absolute atomic E-state index is 0.0828. The van der Waals surface area contributed by atoms with E-state index in [4.69, 9.17) is 0 Å². The Hall–Kier alpha value is -1.33. The topological polar surface area (TPSA) is 41.1 Å². The molecule has 110 valence electrons. The second-order valence-corrected chi connectivity index (χ2v) is 6.53. The molecule has 2 rings (SSSR count). The van der Waals surface area contributed by atoms with Gasteiger partial charge in [-0.25, -0.2) is 0 Å². The van der Waals surface area contributed by atoms with Gasteiger partial charge in [0, 0.05) is 14.6 Å². The molecule has 3 nitrogen and oxygen atoms in total. The fraction of sp³-hybridized carbons (Fsp3) is 0.188. The fourth-order valence-corrected chi connectivity index (χ4v) is 3.54. The van der Waals surface area contributed by atoms with Crippen molar-refractivity contribution in [2.45, 2.75) is 19.9 Å². The highest BCUT2D eigenvalue weighted by molar-refractivity contribution is 9.11. The highest BCUT2D eigenvalue weighted by atomic mass is 79.9. The zero-order valence-corrected chi connectivity index (χ0v) is 15.0. The second-order valence-electron chi connectivity index (χ2n) is 4.82. The molecule has 0 aliphatic heterocycles. The third-order valence-electron chi connectivity index (χ3n) is 2.98. The molecule has 21 heavy (non-hydrogen) atoms. The van der Waals surface area contributed by atoms with Gasteiger partial charge in [-0.3, -0.25) is 4.79 Å². The first-order valence-corrected chi connectivity index (χ1v) is 8.14. The minimum Gasteiger partial charge on any atom is -0.372 e. The van der Waals surface area contributed by atoms with E-state index in [-0.39, 0.29) is 11.9 Å². The number of carbonyl (C=O) groups is 1. The van der Waals surface area contributed by atoms with Gasteiger partial charge in [0.2, 0.25) is 5.91 Å². The number of halogens is 2. The molecule has 0 radical (unpaired) electrons. The maximum Gasteiger partial charge on any atom is 0.246 e. The summed E-state index contributed by atoms with van der Waals surface area (Å²) in [6.07, 6.45) is 0. The van der Waals surface area contributed by atoms with Gasteiger partial charge in [-0.15, -0.1) is 0 Å². The summed E-state index contributed by atoms with van der Waals surface area (Å²) >= 11 is 7.04. The van der Waals surface area contributed by atoms with E-state index in [0.29, 0.717) is 0 Å². The zero-order chi connectivity index (χ0) is 15.4. The van der Waals surface area contributed by atoms with Crippen LogP contribution in [0.5, 0.6) is 0 Å². The molecule has 0 aliphatic carbocycles. The normalized spacial score (nSPS) is 11.8.